The van der Waals surface area contributed by atoms with Gasteiger partial charge in [-0.2, -0.15) is 0 Å². The Kier molecular flexibility index (Phi) is 6.37. The van der Waals surface area contributed by atoms with Gasteiger partial charge in [-0.3, -0.25) is 5.32 Å². The van der Waals surface area contributed by atoms with E-state index >= 15 is 0 Å². The first-order valence-electron chi connectivity index (χ1n) is 7.05. The molecule has 18 heavy (non-hydrogen) atoms. The lowest BCUT2D eigenvalue weighted by Crippen LogP contribution is -2.41. The third kappa shape index (κ3) is 6.77. The second-order valence-electron chi connectivity index (χ2n) is 5.95. The third-order valence-electron chi connectivity index (χ3n) is 2.88. The van der Waals surface area contributed by atoms with E-state index in [9.17, 15) is 0 Å². The molecule has 0 saturated heterocycles. The molecule has 0 bridgehead atoms. The molecule has 0 radical (unpaired) electrons. The molecular weight excluding hydrogens is 220 g/mol. The van der Waals surface area contributed by atoms with Crippen LogP contribution in [0.5, 0.6) is 0 Å². The van der Waals surface area contributed by atoms with E-state index in [1.54, 1.807) is 0 Å². The predicted molar refractivity (Wildman–Crippen MR) is 79.6 cm³/mol. The molecule has 0 aliphatic heterocycles. The van der Waals surface area contributed by atoms with Crippen molar-refractivity contribution in [2.24, 2.45) is 0 Å². The maximum atomic E-state index is 3.43. The number of aryl methyl sites for hydroxylation is 1. The Balaban J connectivity index is 2.33. The molecule has 0 atom stereocenters. The van der Waals surface area contributed by atoms with Gasteiger partial charge in [0, 0.05) is 18.8 Å². The highest BCUT2D eigenvalue weighted by molar-refractivity contribution is 5.23. The van der Waals surface area contributed by atoms with E-state index in [0.717, 1.165) is 13.2 Å². The fourth-order valence-corrected chi connectivity index (χ4v) is 1.81. The lowest BCUT2D eigenvalue weighted by atomic mass is 10.1. The van der Waals surface area contributed by atoms with Gasteiger partial charge in [-0.1, -0.05) is 37.6 Å². The van der Waals surface area contributed by atoms with Crippen molar-refractivity contribution in [3.8, 4) is 0 Å². The van der Waals surface area contributed by atoms with Crippen molar-refractivity contribution >= 4 is 0 Å². The normalized spacial score (nSPS) is 11.8. The molecule has 1 aromatic carbocycles. The summed E-state index contributed by atoms with van der Waals surface area (Å²) in [6.45, 7) is 10.6. The highest BCUT2D eigenvalue weighted by Crippen LogP contribution is 2.08. The highest BCUT2D eigenvalue weighted by Gasteiger charge is 2.06. The van der Waals surface area contributed by atoms with E-state index in [1.165, 1.54) is 30.4 Å². The minimum Gasteiger partial charge on any atom is -0.300 e. The van der Waals surface area contributed by atoms with Crippen LogP contribution in [0.1, 0.15) is 51.7 Å². The van der Waals surface area contributed by atoms with Crippen LogP contribution in [0.25, 0.3) is 0 Å². The minimum atomic E-state index is 0.177. The summed E-state index contributed by atoms with van der Waals surface area (Å²) in [4.78, 5) is 0. The highest BCUT2D eigenvalue weighted by atomic mass is 15.1. The van der Waals surface area contributed by atoms with Gasteiger partial charge in [0.1, 0.15) is 0 Å². The van der Waals surface area contributed by atoms with Crippen LogP contribution in [0.4, 0.5) is 0 Å². The first-order valence-corrected chi connectivity index (χ1v) is 7.05. The molecule has 0 heterocycles. The Morgan fingerprint density at radius 1 is 1.11 bits per heavy atom. The molecule has 1 aromatic rings. The molecule has 0 aliphatic rings. The maximum Gasteiger partial charge on any atom is 0.0460 e. The van der Waals surface area contributed by atoms with E-state index in [-0.39, 0.29) is 5.54 Å². The fraction of sp³-hybridized carbons (Fsp3) is 0.625. The van der Waals surface area contributed by atoms with Gasteiger partial charge >= 0.3 is 0 Å². The van der Waals surface area contributed by atoms with Crippen LogP contribution in [-0.4, -0.2) is 12.2 Å². The van der Waals surface area contributed by atoms with Gasteiger partial charge in [-0.25, -0.2) is 0 Å². The van der Waals surface area contributed by atoms with Crippen molar-refractivity contribution < 1.29 is 0 Å². The van der Waals surface area contributed by atoms with Crippen molar-refractivity contribution in [1.29, 1.82) is 0 Å². The zero-order valence-corrected chi connectivity index (χ0v) is 12.3. The number of benzene rings is 1. The lowest BCUT2D eigenvalue weighted by Gasteiger charge is -2.20. The minimum absolute atomic E-state index is 0.177. The zero-order chi connectivity index (χ0) is 13.4. The smallest absolute Gasteiger partial charge is 0.0460 e. The number of hydrogen-bond donors (Lipinski definition) is 2. The fourth-order valence-electron chi connectivity index (χ4n) is 1.81. The van der Waals surface area contributed by atoms with Crippen LogP contribution >= 0.6 is 0 Å². The summed E-state index contributed by atoms with van der Waals surface area (Å²) < 4.78 is 0. The average Bonchev–Trinajstić information content (AvgIpc) is 2.31. The summed E-state index contributed by atoms with van der Waals surface area (Å²) in [5.41, 5.74) is 3.01. The average molecular weight is 248 g/mol. The third-order valence-corrected chi connectivity index (χ3v) is 2.88. The van der Waals surface area contributed by atoms with E-state index in [4.69, 9.17) is 0 Å². The molecule has 0 fully saturated rings. The summed E-state index contributed by atoms with van der Waals surface area (Å²) in [7, 11) is 0. The standard InChI is InChI=1S/C16H28N2/c1-5-6-8-14-9-7-10-15(11-14)12-17-13-18-16(2,3)4/h7,9-11,17-18H,5-6,8,12-13H2,1-4H3. The van der Waals surface area contributed by atoms with Gasteiger partial charge in [0.2, 0.25) is 0 Å². The van der Waals surface area contributed by atoms with Crippen molar-refractivity contribution in [2.45, 2.75) is 59.0 Å². The van der Waals surface area contributed by atoms with E-state index in [2.05, 4.69) is 62.6 Å². The van der Waals surface area contributed by atoms with Crippen LogP contribution in [0.15, 0.2) is 24.3 Å². The Labute approximate surface area is 112 Å². The van der Waals surface area contributed by atoms with Gasteiger partial charge in [0.05, 0.1) is 0 Å². The zero-order valence-electron chi connectivity index (χ0n) is 12.3. The molecular formula is C16H28N2. The van der Waals surface area contributed by atoms with Gasteiger partial charge in [-0.05, 0) is 44.7 Å². The van der Waals surface area contributed by atoms with Crippen LogP contribution < -0.4 is 10.6 Å². The van der Waals surface area contributed by atoms with Crippen molar-refractivity contribution in [1.82, 2.24) is 10.6 Å². The molecule has 0 aliphatic carbocycles. The van der Waals surface area contributed by atoms with E-state index < -0.39 is 0 Å². The van der Waals surface area contributed by atoms with Crippen LogP contribution in [0, 0.1) is 0 Å². The first-order chi connectivity index (χ1) is 8.51. The summed E-state index contributed by atoms with van der Waals surface area (Å²) in [5, 5.41) is 6.86. The summed E-state index contributed by atoms with van der Waals surface area (Å²) in [5.74, 6) is 0. The molecule has 0 spiro atoms. The Morgan fingerprint density at radius 3 is 2.50 bits per heavy atom. The molecule has 0 saturated carbocycles. The second-order valence-corrected chi connectivity index (χ2v) is 5.95. The van der Waals surface area contributed by atoms with E-state index in [0.29, 0.717) is 0 Å². The summed E-state index contributed by atoms with van der Waals surface area (Å²) in [6, 6.07) is 8.91. The van der Waals surface area contributed by atoms with Crippen LogP contribution in [0.2, 0.25) is 0 Å². The van der Waals surface area contributed by atoms with Gasteiger partial charge < -0.3 is 5.32 Å². The molecule has 0 aromatic heterocycles. The number of nitrogens with one attached hydrogen (secondary N) is 2. The van der Waals surface area contributed by atoms with Crippen molar-refractivity contribution in [3.63, 3.8) is 0 Å². The first kappa shape index (κ1) is 15.2. The van der Waals surface area contributed by atoms with Gasteiger partial charge in [0.15, 0.2) is 0 Å². The SMILES string of the molecule is CCCCc1cccc(CNCNC(C)(C)C)c1. The quantitative estimate of drug-likeness (QED) is 0.570. The number of rotatable bonds is 7. The predicted octanol–water partition coefficient (Wildman–Crippen LogP) is 3.46. The molecule has 2 heteroatoms. The largest absolute Gasteiger partial charge is 0.300 e. The number of hydrogen-bond acceptors (Lipinski definition) is 2. The maximum absolute atomic E-state index is 3.43. The van der Waals surface area contributed by atoms with Crippen molar-refractivity contribution in [3.05, 3.63) is 35.4 Å². The molecule has 2 nitrogen and oxygen atoms in total. The Morgan fingerprint density at radius 2 is 1.83 bits per heavy atom. The molecule has 1 rings (SSSR count). The van der Waals surface area contributed by atoms with Crippen LogP contribution in [0.3, 0.4) is 0 Å². The monoisotopic (exact) mass is 248 g/mol. The Bertz CT molecular complexity index is 339. The Hall–Kier alpha value is -0.860. The second kappa shape index (κ2) is 7.55. The lowest BCUT2D eigenvalue weighted by molar-refractivity contribution is 0.403. The molecule has 2 N–H and O–H groups in total. The van der Waals surface area contributed by atoms with Crippen LogP contribution in [-0.2, 0) is 13.0 Å². The number of unbranched alkanes of at least 4 members (excludes halogenated alkanes) is 1. The van der Waals surface area contributed by atoms with E-state index in [1.807, 2.05) is 0 Å². The molecule has 0 unspecified atom stereocenters. The summed E-state index contributed by atoms with van der Waals surface area (Å²) >= 11 is 0. The molecule has 102 valence electrons. The molecule has 0 amide bonds. The topological polar surface area (TPSA) is 24.1 Å². The summed E-state index contributed by atoms with van der Waals surface area (Å²) in [6.07, 6.45) is 3.74. The van der Waals surface area contributed by atoms with Crippen molar-refractivity contribution in [2.75, 3.05) is 6.67 Å². The van der Waals surface area contributed by atoms with Gasteiger partial charge in [-0.15, -0.1) is 0 Å². The van der Waals surface area contributed by atoms with Gasteiger partial charge in [0.25, 0.3) is 0 Å².